The van der Waals surface area contributed by atoms with Crippen LogP contribution in [0.15, 0.2) is 28.7 Å². The normalized spacial score (nSPS) is 30.0. The maximum Gasteiger partial charge on any atom is 0.228 e. The van der Waals surface area contributed by atoms with Gasteiger partial charge in [-0.05, 0) is 57.0 Å². The molecule has 0 saturated carbocycles. The predicted molar refractivity (Wildman–Crippen MR) is 83.4 cm³/mol. The zero-order valence-corrected chi connectivity index (χ0v) is 13.4. The van der Waals surface area contributed by atoms with Crippen LogP contribution in [0.3, 0.4) is 0 Å². The van der Waals surface area contributed by atoms with Crippen LogP contribution in [0.4, 0.5) is 0 Å². The van der Waals surface area contributed by atoms with Gasteiger partial charge in [0.1, 0.15) is 0 Å². The lowest BCUT2D eigenvalue weighted by atomic mass is 9.80. The van der Waals surface area contributed by atoms with Gasteiger partial charge >= 0.3 is 0 Å². The van der Waals surface area contributed by atoms with Crippen LogP contribution in [0.2, 0.25) is 0 Å². The van der Waals surface area contributed by atoms with Crippen LogP contribution in [-0.4, -0.2) is 30.4 Å². The lowest BCUT2D eigenvalue weighted by Gasteiger charge is -2.33. The highest BCUT2D eigenvalue weighted by Crippen LogP contribution is 2.39. The molecule has 20 heavy (non-hydrogen) atoms. The Morgan fingerprint density at radius 2 is 2.05 bits per heavy atom. The molecule has 3 unspecified atom stereocenters. The van der Waals surface area contributed by atoms with Gasteiger partial charge in [0.15, 0.2) is 0 Å². The summed E-state index contributed by atoms with van der Waals surface area (Å²) in [7, 11) is 0. The van der Waals surface area contributed by atoms with Crippen LogP contribution in [0.5, 0.6) is 0 Å². The molecule has 2 aliphatic rings. The second kappa shape index (κ2) is 5.49. The molecular formula is C16H21BrN2O. The van der Waals surface area contributed by atoms with Crippen molar-refractivity contribution in [1.82, 2.24) is 10.2 Å². The van der Waals surface area contributed by atoms with Crippen molar-refractivity contribution in [2.24, 2.45) is 5.41 Å². The van der Waals surface area contributed by atoms with Crippen LogP contribution in [0.25, 0.3) is 0 Å². The predicted octanol–water partition coefficient (Wildman–Crippen LogP) is 3.11. The van der Waals surface area contributed by atoms with E-state index in [1.807, 2.05) is 12.1 Å². The van der Waals surface area contributed by atoms with E-state index < -0.39 is 0 Å². The molecule has 2 heterocycles. The van der Waals surface area contributed by atoms with Gasteiger partial charge in [0.05, 0.1) is 11.5 Å². The Balaban J connectivity index is 1.68. The fraction of sp³-hybridized carbons (Fsp3) is 0.562. The Bertz CT molecular complexity index is 498. The second-order valence-electron chi connectivity index (χ2n) is 6.16. The number of hydrogen-bond donors (Lipinski definition) is 1. The van der Waals surface area contributed by atoms with Crippen LogP contribution < -0.4 is 5.32 Å². The van der Waals surface area contributed by atoms with Gasteiger partial charge in [-0.3, -0.25) is 4.79 Å². The van der Waals surface area contributed by atoms with Crippen molar-refractivity contribution in [3.05, 3.63) is 34.3 Å². The number of amides is 1. The van der Waals surface area contributed by atoms with Crippen LogP contribution in [-0.2, 0) is 4.79 Å². The molecule has 3 rings (SSSR count). The van der Waals surface area contributed by atoms with Crippen molar-refractivity contribution in [2.75, 3.05) is 19.6 Å². The number of carbonyl (C=O) groups excluding carboxylic acids is 1. The summed E-state index contributed by atoms with van der Waals surface area (Å²) in [5.41, 5.74) is 1.03. The fourth-order valence-electron chi connectivity index (χ4n) is 3.48. The highest BCUT2D eigenvalue weighted by Gasteiger charge is 2.46. The average molecular weight is 337 g/mol. The van der Waals surface area contributed by atoms with Crippen LogP contribution in [0, 0.1) is 5.41 Å². The van der Waals surface area contributed by atoms with Gasteiger partial charge in [0.25, 0.3) is 0 Å². The lowest BCUT2D eigenvalue weighted by Crippen LogP contribution is -2.46. The Hall–Kier alpha value is -0.870. The lowest BCUT2D eigenvalue weighted by molar-refractivity contribution is -0.132. The molecule has 0 aromatic heterocycles. The molecule has 2 fully saturated rings. The van der Waals surface area contributed by atoms with Crippen molar-refractivity contribution in [3.63, 3.8) is 0 Å². The van der Waals surface area contributed by atoms with E-state index in [1.165, 1.54) is 0 Å². The second-order valence-corrected chi connectivity index (χ2v) is 7.07. The number of nitrogens with zero attached hydrogens (tertiary/aromatic N) is 1. The molecule has 3 nitrogen and oxygen atoms in total. The molecule has 0 aliphatic carbocycles. The van der Waals surface area contributed by atoms with E-state index in [1.54, 1.807) is 0 Å². The average Bonchev–Trinajstić information content (AvgIpc) is 2.75. The maximum absolute atomic E-state index is 12.7. The molecular weight excluding hydrogens is 316 g/mol. The monoisotopic (exact) mass is 336 g/mol. The van der Waals surface area contributed by atoms with E-state index in [9.17, 15) is 4.79 Å². The van der Waals surface area contributed by atoms with E-state index in [0.29, 0.717) is 0 Å². The molecule has 1 N–H and O–H groups in total. The van der Waals surface area contributed by atoms with E-state index >= 15 is 0 Å². The first kappa shape index (κ1) is 14.1. The minimum Gasteiger partial charge on any atom is -0.349 e. The third-order valence-corrected chi connectivity index (χ3v) is 5.29. The number of carbonyl (C=O) groups is 1. The van der Waals surface area contributed by atoms with Gasteiger partial charge in [-0.25, -0.2) is 0 Å². The van der Waals surface area contributed by atoms with E-state index in [-0.39, 0.29) is 17.4 Å². The molecule has 1 aromatic rings. The van der Waals surface area contributed by atoms with Gasteiger partial charge < -0.3 is 10.2 Å². The highest BCUT2D eigenvalue weighted by atomic mass is 79.9. The SMILES string of the molecule is CC(NC(=O)C12CCCN(CC1)C2)c1ccc(Br)cc1. The van der Waals surface area contributed by atoms with Crippen molar-refractivity contribution < 1.29 is 4.79 Å². The maximum atomic E-state index is 12.7. The fourth-order valence-corrected chi connectivity index (χ4v) is 3.74. The number of benzene rings is 1. The molecule has 0 spiro atoms. The van der Waals surface area contributed by atoms with E-state index in [4.69, 9.17) is 0 Å². The third-order valence-electron chi connectivity index (χ3n) is 4.76. The van der Waals surface area contributed by atoms with E-state index in [2.05, 4.69) is 45.2 Å². The summed E-state index contributed by atoms with van der Waals surface area (Å²) in [6.07, 6.45) is 3.22. The summed E-state index contributed by atoms with van der Waals surface area (Å²) in [4.78, 5) is 15.1. The Morgan fingerprint density at radius 3 is 2.80 bits per heavy atom. The first-order valence-corrected chi connectivity index (χ1v) is 8.17. The van der Waals surface area contributed by atoms with E-state index in [0.717, 1.165) is 48.9 Å². The molecule has 3 atom stereocenters. The smallest absolute Gasteiger partial charge is 0.228 e. The quantitative estimate of drug-likeness (QED) is 0.919. The molecule has 1 aromatic carbocycles. The largest absolute Gasteiger partial charge is 0.349 e. The number of halogens is 1. The van der Waals surface area contributed by atoms with Crippen LogP contribution in [0.1, 0.15) is 37.8 Å². The Labute approximate surface area is 128 Å². The van der Waals surface area contributed by atoms with Crippen LogP contribution >= 0.6 is 15.9 Å². The zero-order chi connectivity index (χ0) is 14.2. The standard InChI is InChI=1S/C16H21BrN2O/c1-12(13-3-5-14(17)6-4-13)18-15(20)16-7-2-9-19(11-16)10-8-16/h3-6,12H,2,7-11H2,1H3,(H,18,20). The first-order chi connectivity index (χ1) is 9.59. The minimum absolute atomic E-state index is 0.0703. The first-order valence-electron chi connectivity index (χ1n) is 7.38. The minimum atomic E-state index is -0.123. The summed E-state index contributed by atoms with van der Waals surface area (Å²) < 4.78 is 1.07. The van der Waals surface area contributed by atoms with Gasteiger partial charge in [-0.2, -0.15) is 0 Å². The number of nitrogens with one attached hydrogen (secondary N) is 1. The third kappa shape index (κ3) is 2.63. The summed E-state index contributed by atoms with van der Waals surface area (Å²) >= 11 is 3.44. The van der Waals surface area contributed by atoms with Crippen molar-refractivity contribution in [3.8, 4) is 0 Å². The summed E-state index contributed by atoms with van der Waals surface area (Å²) in [6, 6.07) is 8.24. The van der Waals surface area contributed by atoms with Crippen molar-refractivity contribution in [2.45, 2.75) is 32.2 Å². The van der Waals surface area contributed by atoms with Gasteiger partial charge in [-0.15, -0.1) is 0 Å². The number of hydrogen-bond acceptors (Lipinski definition) is 2. The Morgan fingerprint density at radius 1 is 1.30 bits per heavy atom. The molecule has 4 heteroatoms. The number of piperidine rings is 1. The van der Waals surface area contributed by atoms with Crippen molar-refractivity contribution in [1.29, 1.82) is 0 Å². The summed E-state index contributed by atoms with van der Waals surface area (Å²) in [5.74, 6) is 0.245. The summed E-state index contributed by atoms with van der Waals surface area (Å²) in [6.45, 7) is 5.26. The molecule has 1 amide bonds. The van der Waals surface area contributed by atoms with Gasteiger partial charge in [-0.1, -0.05) is 28.1 Å². The number of fused-ring (bicyclic) bond motifs is 2. The molecule has 2 bridgehead atoms. The molecule has 108 valence electrons. The van der Waals surface area contributed by atoms with Gasteiger partial charge in [0, 0.05) is 11.0 Å². The highest BCUT2D eigenvalue weighted by molar-refractivity contribution is 9.10. The Kier molecular flexibility index (Phi) is 3.87. The number of rotatable bonds is 3. The van der Waals surface area contributed by atoms with Crippen molar-refractivity contribution >= 4 is 21.8 Å². The molecule has 0 radical (unpaired) electrons. The summed E-state index contributed by atoms with van der Waals surface area (Å²) in [5, 5.41) is 3.22. The van der Waals surface area contributed by atoms with Gasteiger partial charge in [0.2, 0.25) is 5.91 Å². The molecule has 2 saturated heterocycles. The zero-order valence-electron chi connectivity index (χ0n) is 11.9. The molecule has 2 aliphatic heterocycles. The topological polar surface area (TPSA) is 32.3 Å².